The molecule has 1 aromatic carbocycles. The van der Waals surface area contributed by atoms with E-state index in [1.807, 2.05) is 0 Å². The number of rotatable bonds is 7. The van der Waals surface area contributed by atoms with E-state index in [2.05, 4.69) is 55.3 Å². The molecule has 2 aromatic rings. The minimum absolute atomic E-state index is 0.232. The quantitative estimate of drug-likeness (QED) is 0.753. The van der Waals surface area contributed by atoms with Crippen molar-refractivity contribution in [2.45, 2.75) is 51.7 Å². The molecule has 0 radical (unpaired) electrons. The van der Waals surface area contributed by atoms with E-state index in [1.165, 1.54) is 29.0 Å². The lowest BCUT2D eigenvalue weighted by atomic mass is 9.99. The van der Waals surface area contributed by atoms with Crippen LogP contribution in [0, 0.1) is 0 Å². The van der Waals surface area contributed by atoms with Crippen LogP contribution in [0.5, 0.6) is 0 Å². The minimum atomic E-state index is 0.232. The number of hydrogen-bond donors (Lipinski definition) is 1. The molecular weight excluding hydrogens is 340 g/mol. The standard InChI is InChI=1S/C20H30N2O2.C2H4O/c1-15(24-18-8-11-23-12-9-18)13-16-5-4-6-19-20(16)17(14-21-19)7-10-22(2)3;1-2-3/h4-6,14-15,18,21H,7-13H2,1-3H3;2H,1H3. The van der Waals surface area contributed by atoms with Crippen LogP contribution in [0.2, 0.25) is 0 Å². The van der Waals surface area contributed by atoms with Gasteiger partial charge in [0, 0.05) is 36.9 Å². The lowest BCUT2D eigenvalue weighted by molar-refractivity contribution is -0.106. The van der Waals surface area contributed by atoms with Crippen LogP contribution in [-0.4, -0.2) is 62.2 Å². The average molecular weight is 375 g/mol. The molecule has 27 heavy (non-hydrogen) atoms. The molecule has 0 spiro atoms. The predicted octanol–water partition coefficient (Wildman–Crippen LogP) is 3.60. The van der Waals surface area contributed by atoms with E-state index in [1.54, 1.807) is 0 Å². The summed E-state index contributed by atoms with van der Waals surface area (Å²) in [6.45, 7) is 6.37. The van der Waals surface area contributed by atoms with Crippen molar-refractivity contribution in [3.63, 3.8) is 0 Å². The maximum absolute atomic E-state index is 8.81. The second kappa shape index (κ2) is 11.2. The molecule has 2 heterocycles. The average Bonchev–Trinajstić information content (AvgIpc) is 3.06. The third-order valence-electron chi connectivity index (χ3n) is 4.80. The highest BCUT2D eigenvalue weighted by Crippen LogP contribution is 2.25. The highest BCUT2D eigenvalue weighted by atomic mass is 16.5. The number of aldehydes is 1. The maximum Gasteiger partial charge on any atom is 0.116 e. The van der Waals surface area contributed by atoms with Gasteiger partial charge < -0.3 is 24.2 Å². The van der Waals surface area contributed by atoms with Crippen LogP contribution < -0.4 is 0 Å². The summed E-state index contributed by atoms with van der Waals surface area (Å²) in [5.74, 6) is 0. The van der Waals surface area contributed by atoms with Crippen LogP contribution in [-0.2, 0) is 27.1 Å². The van der Waals surface area contributed by atoms with Crippen molar-refractivity contribution in [2.24, 2.45) is 0 Å². The molecule has 5 nitrogen and oxygen atoms in total. The summed E-state index contributed by atoms with van der Waals surface area (Å²) in [6, 6.07) is 6.56. The van der Waals surface area contributed by atoms with Gasteiger partial charge in [-0.15, -0.1) is 0 Å². The van der Waals surface area contributed by atoms with Gasteiger partial charge in [-0.3, -0.25) is 0 Å². The number of nitrogens with zero attached hydrogens (tertiary/aromatic N) is 1. The SMILES string of the molecule is CC(Cc1cccc2[nH]cc(CCN(C)C)c12)OC1CCOCC1.CC=O. The lowest BCUT2D eigenvalue weighted by Gasteiger charge is -2.26. The number of ether oxygens (including phenoxy) is 2. The van der Waals surface area contributed by atoms with E-state index < -0.39 is 0 Å². The number of H-pyrrole nitrogens is 1. The minimum Gasteiger partial charge on any atom is -0.381 e. The number of aromatic amines is 1. The molecule has 1 saturated heterocycles. The molecule has 0 saturated carbocycles. The second-order valence-corrected chi connectivity index (χ2v) is 7.41. The van der Waals surface area contributed by atoms with Gasteiger partial charge in [-0.2, -0.15) is 0 Å². The van der Waals surface area contributed by atoms with E-state index in [0.717, 1.165) is 51.7 Å². The molecule has 0 bridgehead atoms. The number of nitrogens with one attached hydrogen (secondary N) is 1. The van der Waals surface area contributed by atoms with Crippen LogP contribution in [0.1, 0.15) is 37.8 Å². The first-order valence-corrected chi connectivity index (χ1v) is 9.90. The molecule has 0 amide bonds. The lowest BCUT2D eigenvalue weighted by Crippen LogP contribution is -2.28. The zero-order valence-electron chi connectivity index (χ0n) is 17.2. The zero-order valence-corrected chi connectivity index (χ0v) is 17.2. The summed E-state index contributed by atoms with van der Waals surface area (Å²) in [7, 11) is 4.25. The van der Waals surface area contributed by atoms with E-state index in [0.29, 0.717) is 6.10 Å². The van der Waals surface area contributed by atoms with Gasteiger partial charge >= 0.3 is 0 Å². The summed E-state index contributed by atoms with van der Waals surface area (Å²) in [6.07, 6.45) is 7.57. The Hall–Kier alpha value is -1.69. The third kappa shape index (κ3) is 6.76. The number of carbonyl (C=O) groups excluding carboxylic acids is 1. The van der Waals surface area contributed by atoms with Crippen molar-refractivity contribution in [1.82, 2.24) is 9.88 Å². The van der Waals surface area contributed by atoms with Crippen LogP contribution in [0.15, 0.2) is 24.4 Å². The Morgan fingerprint density at radius 2 is 2.00 bits per heavy atom. The molecule has 3 rings (SSSR count). The maximum atomic E-state index is 8.81. The van der Waals surface area contributed by atoms with E-state index in [-0.39, 0.29) is 6.10 Å². The first-order valence-electron chi connectivity index (χ1n) is 9.90. The molecule has 1 aliphatic heterocycles. The van der Waals surface area contributed by atoms with Crippen molar-refractivity contribution in [3.05, 3.63) is 35.5 Å². The molecule has 5 heteroatoms. The zero-order chi connectivity index (χ0) is 19.6. The van der Waals surface area contributed by atoms with E-state index >= 15 is 0 Å². The number of benzene rings is 1. The van der Waals surface area contributed by atoms with Gasteiger partial charge in [0.2, 0.25) is 0 Å². The molecule has 1 fully saturated rings. The highest BCUT2D eigenvalue weighted by Gasteiger charge is 2.18. The molecule has 0 aliphatic carbocycles. The Labute approximate surface area is 163 Å². The molecule has 1 aromatic heterocycles. The fraction of sp³-hybridized carbons (Fsp3) is 0.591. The number of likely N-dealkylation sites (N-methyl/N-ethyl adjacent to an activating group) is 1. The van der Waals surface area contributed by atoms with Gasteiger partial charge in [0.15, 0.2) is 0 Å². The summed E-state index contributed by atoms with van der Waals surface area (Å²) < 4.78 is 11.7. The molecule has 1 aliphatic rings. The van der Waals surface area contributed by atoms with Crippen molar-refractivity contribution in [2.75, 3.05) is 33.9 Å². The smallest absolute Gasteiger partial charge is 0.116 e. The van der Waals surface area contributed by atoms with Crippen molar-refractivity contribution in [1.29, 1.82) is 0 Å². The van der Waals surface area contributed by atoms with Gasteiger partial charge in [-0.25, -0.2) is 0 Å². The summed E-state index contributed by atoms with van der Waals surface area (Å²) in [5.41, 5.74) is 4.04. The Kier molecular flexibility index (Phi) is 8.98. The van der Waals surface area contributed by atoms with Crippen LogP contribution in [0.3, 0.4) is 0 Å². The Morgan fingerprint density at radius 3 is 2.67 bits per heavy atom. The second-order valence-electron chi connectivity index (χ2n) is 7.41. The first-order chi connectivity index (χ1) is 13.0. The molecule has 1 unspecified atom stereocenters. The molecule has 1 atom stereocenters. The van der Waals surface area contributed by atoms with E-state index in [9.17, 15) is 0 Å². The number of fused-ring (bicyclic) bond motifs is 1. The van der Waals surface area contributed by atoms with Gasteiger partial charge in [0.25, 0.3) is 0 Å². The third-order valence-corrected chi connectivity index (χ3v) is 4.80. The van der Waals surface area contributed by atoms with Crippen LogP contribution in [0.25, 0.3) is 10.9 Å². The molecule has 150 valence electrons. The largest absolute Gasteiger partial charge is 0.381 e. The fourth-order valence-corrected chi connectivity index (χ4v) is 3.55. The summed E-state index contributed by atoms with van der Waals surface area (Å²) in [4.78, 5) is 14.5. The van der Waals surface area contributed by atoms with Crippen molar-refractivity contribution >= 4 is 17.2 Å². The summed E-state index contributed by atoms with van der Waals surface area (Å²) >= 11 is 0. The van der Waals surface area contributed by atoms with Crippen molar-refractivity contribution < 1.29 is 14.3 Å². The van der Waals surface area contributed by atoms with Gasteiger partial charge in [-0.1, -0.05) is 12.1 Å². The van der Waals surface area contributed by atoms with Crippen LogP contribution >= 0.6 is 0 Å². The number of carbonyl (C=O) groups is 1. The van der Waals surface area contributed by atoms with Crippen molar-refractivity contribution in [3.8, 4) is 0 Å². The van der Waals surface area contributed by atoms with Gasteiger partial charge in [0.05, 0.1) is 12.2 Å². The predicted molar refractivity (Wildman–Crippen MR) is 110 cm³/mol. The van der Waals surface area contributed by atoms with Crippen LogP contribution in [0.4, 0.5) is 0 Å². The Morgan fingerprint density at radius 1 is 1.30 bits per heavy atom. The highest BCUT2D eigenvalue weighted by molar-refractivity contribution is 5.86. The number of hydrogen-bond acceptors (Lipinski definition) is 4. The summed E-state index contributed by atoms with van der Waals surface area (Å²) in [5, 5.41) is 1.39. The van der Waals surface area contributed by atoms with Gasteiger partial charge in [0.1, 0.15) is 6.29 Å². The monoisotopic (exact) mass is 374 g/mol. The fourth-order valence-electron chi connectivity index (χ4n) is 3.55. The Balaban J connectivity index is 0.000000817. The molecule has 1 N–H and O–H groups in total. The topological polar surface area (TPSA) is 54.6 Å². The Bertz CT molecular complexity index is 690. The number of aromatic nitrogens is 1. The molecular formula is C22H34N2O3. The first kappa shape index (κ1) is 21.6. The van der Waals surface area contributed by atoms with E-state index in [4.69, 9.17) is 14.3 Å². The van der Waals surface area contributed by atoms with Gasteiger partial charge in [-0.05, 0) is 70.8 Å². The normalized spacial score (nSPS) is 16.2.